The predicted octanol–water partition coefficient (Wildman–Crippen LogP) is 1.42. The molecule has 1 saturated carbocycles. The molecule has 4 aliphatic rings. The first-order valence-corrected chi connectivity index (χ1v) is 4.84. The summed E-state index contributed by atoms with van der Waals surface area (Å²) in [5, 5.41) is 3.53. The molecule has 1 heterocycles. The lowest BCUT2D eigenvalue weighted by Crippen LogP contribution is -2.35. The fraction of sp³-hybridized carbons (Fsp3) is 0.800. The molecule has 1 aliphatic heterocycles. The molecule has 1 nitrogen and oxygen atoms in total. The Morgan fingerprint density at radius 1 is 0.909 bits per heavy atom. The molecule has 0 amide bonds. The summed E-state index contributed by atoms with van der Waals surface area (Å²) < 4.78 is 0. The van der Waals surface area contributed by atoms with E-state index in [-0.39, 0.29) is 0 Å². The zero-order valence-corrected chi connectivity index (χ0v) is 6.79. The third-order valence-electron chi connectivity index (χ3n) is 3.85. The molecule has 11 heavy (non-hydrogen) atoms. The van der Waals surface area contributed by atoms with Crippen molar-refractivity contribution in [2.24, 2.45) is 23.7 Å². The Morgan fingerprint density at radius 2 is 1.45 bits per heavy atom. The van der Waals surface area contributed by atoms with E-state index in [9.17, 15) is 0 Å². The van der Waals surface area contributed by atoms with Crippen molar-refractivity contribution >= 4 is 0 Å². The Morgan fingerprint density at radius 3 is 1.91 bits per heavy atom. The second-order valence-electron chi connectivity index (χ2n) is 4.28. The summed E-state index contributed by atoms with van der Waals surface area (Å²) in [6.45, 7) is 2.58. The Balaban J connectivity index is 1.97. The molecule has 60 valence electrons. The van der Waals surface area contributed by atoms with E-state index >= 15 is 0 Å². The summed E-state index contributed by atoms with van der Waals surface area (Å²) in [5.74, 6) is 3.86. The van der Waals surface area contributed by atoms with Crippen LogP contribution in [0.3, 0.4) is 0 Å². The summed E-state index contributed by atoms with van der Waals surface area (Å²) in [6.07, 6.45) is 7.87. The van der Waals surface area contributed by atoms with E-state index in [4.69, 9.17) is 0 Å². The van der Waals surface area contributed by atoms with Gasteiger partial charge in [0.05, 0.1) is 0 Å². The molecule has 0 aromatic rings. The second-order valence-corrected chi connectivity index (χ2v) is 4.28. The van der Waals surface area contributed by atoms with Gasteiger partial charge < -0.3 is 5.32 Å². The van der Waals surface area contributed by atoms with E-state index in [0.29, 0.717) is 0 Å². The molecular weight excluding hydrogens is 134 g/mol. The van der Waals surface area contributed by atoms with Crippen molar-refractivity contribution in [3.8, 4) is 0 Å². The normalized spacial score (nSPS) is 53.1. The highest BCUT2D eigenvalue weighted by Gasteiger charge is 2.42. The van der Waals surface area contributed by atoms with Crippen molar-refractivity contribution in [3.63, 3.8) is 0 Å². The number of nitrogens with one attached hydrogen (secondary N) is 1. The average Bonchev–Trinajstić information content (AvgIpc) is 2.55. The lowest BCUT2D eigenvalue weighted by atomic mass is 9.64. The van der Waals surface area contributed by atoms with Crippen molar-refractivity contribution in [2.45, 2.75) is 12.8 Å². The van der Waals surface area contributed by atoms with Gasteiger partial charge in [0.15, 0.2) is 0 Å². The molecule has 1 N–H and O–H groups in total. The molecule has 0 spiro atoms. The molecule has 4 atom stereocenters. The molecule has 2 fully saturated rings. The maximum atomic E-state index is 3.53. The number of rotatable bonds is 0. The van der Waals surface area contributed by atoms with Crippen molar-refractivity contribution in [1.82, 2.24) is 5.32 Å². The Labute approximate surface area is 67.9 Å². The second kappa shape index (κ2) is 2.10. The first-order chi connectivity index (χ1) is 5.45. The number of hydrogen-bond acceptors (Lipinski definition) is 1. The minimum absolute atomic E-state index is 0.931. The fourth-order valence-electron chi connectivity index (χ4n) is 3.23. The van der Waals surface area contributed by atoms with Crippen LogP contribution in [0.15, 0.2) is 12.2 Å². The standard InChI is InChI=1S/C10H15N/c1-2-8-4-3-7(1)9-5-11-6-10(8)9/h1-2,7-11H,3-6H2/t7?,8?,9-,10+. The molecular formula is C10H15N. The molecule has 4 rings (SSSR count). The first-order valence-electron chi connectivity index (χ1n) is 4.84. The van der Waals surface area contributed by atoms with Gasteiger partial charge in [-0.25, -0.2) is 0 Å². The molecule has 1 saturated heterocycles. The fourth-order valence-corrected chi connectivity index (χ4v) is 3.23. The van der Waals surface area contributed by atoms with E-state index in [2.05, 4.69) is 17.5 Å². The van der Waals surface area contributed by atoms with Gasteiger partial charge in [-0.3, -0.25) is 0 Å². The molecule has 0 aromatic heterocycles. The zero-order valence-electron chi connectivity index (χ0n) is 6.79. The Bertz CT molecular complexity index is 177. The summed E-state index contributed by atoms with van der Waals surface area (Å²) in [4.78, 5) is 0. The molecule has 2 unspecified atom stereocenters. The lowest BCUT2D eigenvalue weighted by Gasteiger charge is -2.40. The van der Waals surface area contributed by atoms with Gasteiger partial charge in [0.1, 0.15) is 0 Å². The number of fused-ring (bicyclic) bond motifs is 1. The summed E-state index contributed by atoms with van der Waals surface area (Å²) >= 11 is 0. The third kappa shape index (κ3) is 0.750. The van der Waals surface area contributed by atoms with Crippen molar-refractivity contribution in [3.05, 3.63) is 12.2 Å². The first kappa shape index (κ1) is 6.24. The van der Waals surface area contributed by atoms with E-state index in [1.165, 1.54) is 25.9 Å². The Hall–Kier alpha value is -0.300. The van der Waals surface area contributed by atoms with Gasteiger partial charge in [-0.1, -0.05) is 12.2 Å². The molecule has 1 heteroatoms. The minimum Gasteiger partial charge on any atom is -0.316 e. The SMILES string of the molecule is C1=CC2CCC1[C@H]1CNC[C@@H]21. The van der Waals surface area contributed by atoms with Crippen LogP contribution in [0, 0.1) is 23.7 Å². The summed E-state index contributed by atoms with van der Waals surface area (Å²) in [5.41, 5.74) is 0. The van der Waals surface area contributed by atoms with Crippen LogP contribution in [0.2, 0.25) is 0 Å². The van der Waals surface area contributed by atoms with Gasteiger partial charge in [0.2, 0.25) is 0 Å². The van der Waals surface area contributed by atoms with E-state index in [1.54, 1.807) is 0 Å². The van der Waals surface area contributed by atoms with Crippen LogP contribution in [0.25, 0.3) is 0 Å². The summed E-state index contributed by atoms with van der Waals surface area (Å²) in [7, 11) is 0. The van der Waals surface area contributed by atoms with Gasteiger partial charge in [-0.15, -0.1) is 0 Å². The zero-order chi connectivity index (χ0) is 7.26. The summed E-state index contributed by atoms with van der Waals surface area (Å²) in [6, 6.07) is 0. The predicted molar refractivity (Wildman–Crippen MR) is 45.2 cm³/mol. The smallest absolute Gasteiger partial charge is 0.00114 e. The van der Waals surface area contributed by atoms with Crippen LogP contribution < -0.4 is 5.32 Å². The molecule has 2 bridgehead atoms. The van der Waals surface area contributed by atoms with Gasteiger partial charge in [-0.05, 0) is 49.6 Å². The van der Waals surface area contributed by atoms with Crippen LogP contribution in [0.5, 0.6) is 0 Å². The van der Waals surface area contributed by atoms with E-state index < -0.39 is 0 Å². The number of hydrogen-bond donors (Lipinski definition) is 1. The van der Waals surface area contributed by atoms with Crippen molar-refractivity contribution in [1.29, 1.82) is 0 Å². The van der Waals surface area contributed by atoms with E-state index in [1.807, 2.05) is 0 Å². The van der Waals surface area contributed by atoms with Gasteiger partial charge in [0, 0.05) is 0 Å². The number of allylic oxidation sites excluding steroid dienone is 2. The highest BCUT2D eigenvalue weighted by atomic mass is 14.9. The van der Waals surface area contributed by atoms with E-state index in [0.717, 1.165) is 23.7 Å². The topological polar surface area (TPSA) is 12.0 Å². The maximum Gasteiger partial charge on any atom is -0.00114 e. The van der Waals surface area contributed by atoms with Crippen molar-refractivity contribution in [2.75, 3.05) is 13.1 Å². The largest absolute Gasteiger partial charge is 0.316 e. The van der Waals surface area contributed by atoms with Gasteiger partial charge in [-0.2, -0.15) is 0 Å². The van der Waals surface area contributed by atoms with Crippen LogP contribution in [0.4, 0.5) is 0 Å². The van der Waals surface area contributed by atoms with Crippen LogP contribution >= 0.6 is 0 Å². The molecule has 3 aliphatic carbocycles. The van der Waals surface area contributed by atoms with Crippen molar-refractivity contribution < 1.29 is 0 Å². The third-order valence-corrected chi connectivity index (χ3v) is 3.85. The highest BCUT2D eigenvalue weighted by molar-refractivity contribution is 5.12. The Kier molecular flexibility index (Phi) is 1.19. The minimum atomic E-state index is 0.931. The van der Waals surface area contributed by atoms with Crippen LogP contribution in [0.1, 0.15) is 12.8 Å². The van der Waals surface area contributed by atoms with Gasteiger partial charge >= 0.3 is 0 Å². The lowest BCUT2D eigenvalue weighted by molar-refractivity contribution is 0.169. The highest BCUT2D eigenvalue weighted by Crippen LogP contribution is 2.45. The molecule has 0 radical (unpaired) electrons. The monoisotopic (exact) mass is 149 g/mol. The quantitative estimate of drug-likeness (QED) is 0.514. The van der Waals surface area contributed by atoms with Gasteiger partial charge in [0.25, 0.3) is 0 Å². The average molecular weight is 149 g/mol. The maximum absolute atomic E-state index is 3.53. The molecule has 0 aromatic carbocycles. The van der Waals surface area contributed by atoms with Crippen LogP contribution in [-0.2, 0) is 0 Å². The van der Waals surface area contributed by atoms with Crippen LogP contribution in [-0.4, -0.2) is 13.1 Å².